The number of aliphatic hydroxyl groups excluding tert-OH is 2. The number of aliphatic hydroxyl groups is 2. The molecule has 0 saturated carbocycles. The number of aliphatic carboxylic acids is 1. The van der Waals surface area contributed by atoms with Crippen molar-refractivity contribution in [3.63, 3.8) is 0 Å². The molecule has 1 saturated heterocycles. The molecule has 0 aromatic carbocycles. The lowest BCUT2D eigenvalue weighted by Crippen LogP contribution is -2.61. The van der Waals surface area contributed by atoms with Gasteiger partial charge in [0.15, 0.2) is 24.6 Å². The minimum absolute atomic E-state index is 0.0699. The fourth-order valence-corrected chi connectivity index (χ4v) is 8.49. The number of carboxylic acid groups (broad SMARTS) is 1. The molecule has 0 aliphatic carbocycles. The molecule has 6 unspecified atom stereocenters. The van der Waals surface area contributed by atoms with Gasteiger partial charge in [-0.1, -0.05) is 226 Å². The molecule has 0 aromatic heterocycles. The smallest absolute Gasteiger partial charge is 0.335 e. The van der Waals surface area contributed by atoms with Gasteiger partial charge in [0.1, 0.15) is 18.8 Å². The average Bonchev–Trinajstić information content (AvgIpc) is 3.29. The summed E-state index contributed by atoms with van der Waals surface area (Å²) in [7, 11) is 0. The van der Waals surface area contributed by atoms with E-state index in [1.165, 1.54) is 148 Å². The van der Waals surface area contributed by atoms with Crippen LogP contribution in [-0.4, -0.2) is 89.2 Å². The molecular formula is C53H98O12. The van der Waals surface area contributed by atoms with Crippen molar-refractivity contribution in [2.24, 2.45) is 0 Å². The molecule has 0 spiro atoms. The van der Waals surface area contributed by atoms with Gasteiger partial charge in [0.05, 0.1) is 6.61 Å². The molecule has 0 radical (unpaired) electrons. The Morgan fingerprint density at radius 2 is 0.785 bits per heavy atom. The third-order valence-electron chi connectivity index (χ3n) is 12.7. The Bertz CT molecular complexity index is 1150. The summed E-state index contributed by atoms with van der Waals surface area (Å²) in [5.74, 6) is -3.08. The summed E-state index contributed by atoms with van der Waals surface area (Å²) in [5, 5.41) is 31.3. The van der Waals surface area contributed by atoms with Gasteiger partial charge in [-0.25, -0.2) is 4.79 Å². The number of hydrogen-bond acceptors (Lipinski definition) is 11. The second kappa shape index (κ2) is 43.0. The SMILES string of the molecule is CCCCCCCCCCCCCCCC(=O)OCC(COC1OC(C(=O)O)C(O)C(O)C1OC(=O)CCCCCCCCCCCCCCC)OC(=O)CCCCCCCCCCC. The second-order valence-electron chi connectivity index (χ2n) is 18.9. The third kappa shape index (κ3) is 33.8. The van der Waals surface area contributed by atoms with Gasteiger partial charge in [-0.05, 0) is 19.3 Å². The van der Waals surface area contributed by atoms with Gasteiger partial charge in [-0.2, -0.15) is 0 Å². The van der Waals surface area contributed by atoms with E-state index in [-0.39, 0.29) is 25.9 Å². The zero-order valence-corrected chi connectivity index (χ0v) is 41.8. The van der Waals surface area contributed by atoms with Crippen molar-refractivity contribution in [2.75, 3.05) is 13.2 Å². The van der Waals surface area contributed by atoms with E-state index >= 15 is 0 Å². The van der Waals surface area contributed by atoms with Crippen LogP contribution in [0.3, 0.4) is 0 Å². The number of esters is 3. The maximum Gasteiger partial charge on any atom is 0.335 e. The quantitative estimate of drug-likeness (QED) is 0.0300. The van der Waals surface area contributed by atoms with Crippen molar-refractivity contribution >= 4 is 23.9 Å². The lowest BCUT2D eigenvalue weighted by Gasteiger charge is -2.40. The highest BCUT2D eigenvalue weighted by molar-refractivity contribution is 5.74. The van der Waals surface area contributed by atoms with E-state index in [1.807, 2.05) is 0 Å². The van der Waals surface area contributed by atoms with E-state index in [0.717, 1.165) is 57.8 Å². The van der Waals surface area contributed by atoms with Gasteiger partial charge >= 0.3 is 23.9 Å². The first-order valence-corrected chi connectivity index (χ1v) is 27.0. The fourth-order valence-electron chi connectivity index (χ4n) is 8.49. The van der Waals surface area contributed by atoms with Crippen molar-refractivity contribution in [1.29, 1.82) is 0 Å². The number of carboxylic acids is 1. The number of carbonyl (C=O) groups excluding carboxylic acids is 3. The Morgan fingerprint density at radius 1 is 0.446 bits per heavy atom. The van der Waals surface area contributed by atoms with Gasteiger partial charge < -0.3 is 39.0 Å². The molecule has 3 N–H and O–H groups in total. The van der Waals surface area contributed by atoms with Gasteiger partial charge in [0.25, 0.3) is 0 Å². The van der Waals surface area contributed by atoms with Crippen LogP contribution in [0.4, 0.5) is 0 Å². The Kier molecular flexibility index (Phi) is 40.2. The van der Waals surface area contributed by atoms with Crippen molar-refractivity contribution in [3.05, 3.63) is 0 Å². The number of rotatable bonds is 46. The Hall–Kier alpha value is -2.28. The Labute approximate surface area is 395 Å². The molecule has 1 heterocycles. The first kappa shape index (κ1) is 60.7. The van der Waals surface area contributed by atoms with Crippen LogP contribution in [0.25, 0.3) is 0 Å². The van der Waals surface area contributed by atoms with Crippen LogP contribution in [0, 0.1) is 0 Å². The highest BCUT2D eigenvalue weighted by Crippen LogP contribution is 2.26. The van der Waals surface area contributed by atoms with E-state index in [2.05, 4.69) is 20.8 Å². The molecule has 65 heavy (non-hydrogen) atoms. The molecule has 1 rings (SSSR count). The molecular weight excluding hydrogens is 829 g/mol. The largest absolute Gasteiger partial charge is 0.479 e. The van der Waals surface area contributed by atoms with Crippen LogP contribution < -0.4 is 0 Å². The molecule has 0 aromatic rings. The minimum Gasteiger partial charge on any atom is -0.479 e. The predicted octanol–water partition coefficient (Wildman–Crippen LogP) is 12.8. The van der Waals surface area contributed by atoms with E-state index in [4.69, 9.17) is 23.7 Å². The highest BCUT2D eigenvalue weighted by atomic mass is 16.7. The predicted molar refractivity (Wildman–Crippen MR) is 257 cm³/mol. The van der Waals surface area contributed by atoms with Crippen LogP contribution in [0.1, 0.15) is 265 Å². The van der Waals surface area contributed by atoms with E-state index < -0.39 is 67.3 Å². The summed E-state index contributed by atoms with van der Waals surface area (Å²) < 4.78 is 28.3. The van der Waals surface area contributed by atoms with Crippen LogP contribution in [0.15, 0.2) is 0 Å². The summed E-state index contributed by atoms with van der Waals surface area (Å²) in [5.41, 5.74) is 0. The summed E-state index contributed by atoms with van der Waals surface area (Å²) in [6, 6.07) is 0. The number of unbranched alkanes of at least 4 members (excludes halogenated alkanes) is 32. The maximum absolute atomic E-state index is 13.0. The van der Waals surface area contributed by atoms with E-state index in [9.17, 15) is 34.5 Å². The zero-order valence-electron chi connectivity index (χ0n) is 41.8. The van der Waals surface area contributed by atoms with Crippen LogP contribution in [0.5, 0.6) is 0 Å². The van der Waals surface area contributed by atoms with Gasteiger partial charge in [0, 0.05) is 19.3 Å². The molecule has 0 amide bonds. The number of hydrogen-bond donors (Lipinski definition) is 3. The van der Waals surface area contributed by atoms with Crippen molar-refractivity contribution in [1.82, 2.24) is 0 Å². The Morgan fingerprint density at radius 3 is 1.15 bits per heavy atom. The molecule has 0 bridgehead atoms. The van der Waals surface area contributed by atoms with Crippen LogP contribution >= 0.6 is 0 Å². The normalized spacial score (nSPS) is 18.9. The third-order valence-corrected chi connectivity index (χ3v) is 12.7. The second-order valence-corrected chi connectivity index (χ2v) is 18.9. The van der Waals surface area contributed by atoms with E-state index in [0.29, 0.717) is 19.3 Å². The summed E-state index contributed by atoms with van der Waals surface area (Å²) in [6.07, 6.45) is 30.9. The van der Waals surface area contributed by atoms with Crippen LogP contribution in [-0.2, 0) is 42.9 Å². The van der Waals surface area contributed by atoms with Crippen molar-refractivity contribution in [3.8, 4) is 0 Å². The summed E-state index contributed by atoms with van der Waals surface area (Å²) >= 11 is 0. The zero-order chi connectivity index (χ0) is 47.6. The van der Waals surface area contributed by atoms with Gasteiger partial charge in [-0.15, -0.1) is 0 Å². The van der Waals surface area contributed by atoms with Gasteiger partial charge in [-0.3, -0.25) is 14.4 Å². The highest BCUT2D eigenvalue weighted by Gasteiger charge is 2.50. The van der Waals surface area contributed by atoms with Crippen molar-refractivity contribution < 1.29 is 58.2 Å². The van der Waals surface area contributed by atoms with Crippen LogP contribution in [0.2, 0.25) is 0 Å². The molecule has 6 atom stereocenters. The molecule has 12 nitrogen and oxygen atoms in total. The monoisotopic (exact) mass is 927 g/mol. The van der Waals surface area contributed by atoms with Crippen molar-refractivity contribution in [2.45, 2.75) is 302 Å². The first-order chi connectivity index (χ1) is 31.6. The topological polar surface area (TPSA) is 175 Å². The number of ether oxygens (including phenoxy) is 5. The molecule has 1 aliphatic heterocycles. The van der Waals surface area contributed by atoms with E-state index in [1.54, 1.807) is 0 Å². The molecule has 1 fully saturated rings. The molecule has 382 valence electrons. The fraction of sp³-hybridized carbons (Fsp3) is 0.925. The average molecular weight is 927 g/mol. The lowest BCUT2D eigenvalue weighted by molar-refractivity contribution is -0.301. The number of carbonyl (C=O) groups is 4. The Balaban J connectivity index is 2.69. The minimum atomic E-state index is -1.89. The summed E-state index contributed by atoms with van der Waals surface area (Å²) in [4.78, 5) is 50.7. The molecule has 12 heteroatoms. The summed E-state index contributed by atoms with van der Waals surface area (Å²) in [6.45, 7) is 5.97. The standard InChI is InChI=1S/C53H98O12/c1-4-7-10-13-16-19-21-23-25-28-30-33-36-39-45(54)61-42-44(63-46(55)40-37-34-31-27-18-15-12-9-6-3)43-62-53-51(49(58)48(57)50(65-53)52(59)60)64-47(56)41-38-35-32-29-26-24-22-20-17-14-11-8-5-2/h44,48-51,53,57-58H,4-43H2,1-3H3,(H,59,60). The van der Waals surface area contributed by atoms with Gasteiger partial charge in [0.2, 0.25) is 0 Å². The molecule has 1 aliphatic rings. The maximum atomic E-state index is 13.0. The first-order valence-electron chi connectivity index (χ1n) is 27.0. The lowest BCUT2D eigenvalue weighted by atomic mass is 9.98.